The molecule has 19 heteroatoms. The van der Waals surface area contributed by atoms with Crippen LogP contribution >= 0.6 is 15.6 Å². The summed E-state index contributed by atoms with van der Waals surface area (Å²) in [6.07, 6.45) is 51.1. The number of carbonyl (C=O) groups excluding carboxylic acids is 4. The second-order valence-corrected chi connectivity index (χ2v) is 31.1. The summed E-state index contributed by atoms with van der Waals surface area (Å²) in [4.78, 5) is 72.8. The van der Waals surface area contributed by atoms with Crippen molar-refractivity contribution in [2.24, 2.45) is 17.8 Å². The van der Waals surface area contributed by atoms with Gasteiger partial charge in [-0.05, 0) is 43.4 Å². The first-order valence-electron chi connectivity index (χ1n) is 38.9. The van der Waals surface area contributed by atoms with Crippen LogP contribution in [0.1, 0.15) is 382 Å². The highest BCUT2D eigenvalue weighted by molar-refractivity contribution is 7.47. The molecule has 0 amide bonds. The maximum Gasteiger partial charge on any atom is 0.472 e. The molecule has 0 heterocycles. The fourth-order valence-electron chi connectivity index (χ4n) is 11.4. The number of aliphatic hydroxyl groups excluding tert-OH is 1. The Balaban J connectivity index is 5.28. The zero-order chi connectivity index (χ0) is 69.4. The minimum Gasteiger partial charge on any atom is -0.462 e. The van der Waals surface area contributed by atoms with Crippen molar-refractivity contribution in [1.29, 1.82) is 0 Å². The monoisotopic (exact) mass is 1380 g/mol. The number of rotatable bonds is 73. The smallest absolute Gasteiger partial charge is 0.462 e. The number of phosphoric acid groups is 2. The van der Waals surface area contributed by atoms with Gasteiger partial charge in [-0.15, -0.1) is 0 Å². The van der Waals surface area contributed by atoms with E-state index in [1.165, 1.54) is 193 Å². The predicted molar refractivity (Wildman–Crippen MR) is 381 cm³/mol. The van der Waals surface area contributed by atoms with Crippen molar-refractivity contribution in [1.82, 2.24) is 0 Å². The third-order valence-corrected chi connectivity index (χ3v) is 19.6. The van der Waals surface area contributed by atoms with E-state index < -0.39 is 97.5 Å². The van der Waals surface area contributed by atoms with Gasteiger partial charge in [0.15, 0.2) is 12.2 Å². The van der Waals surface area contributed by atoms with Gasteiger partial charge in [-0.2, -0.15) is 0 Å². The Labute approximate surface area is 575 Å². The fourth-order valence-corrected chi connectivity index (χ4v) is 13.0. The van der Waals surface area contributed by atoms with Crippen molar-refractivity contribution in [3.8, 4) is 0 Å². The van der Waals surface area contributed by atoms with Gasteiger partial charge < -0.3 is 33.8 Å². The van der Waals surface area contributed by atoms with Gasteiger partial charge in [0, 0.05) is 25.7 Å². The van der Waals surface area contributed by atoms with Gasteiger partial charge >= 0.3 is 39.5 Å². The Morgan fingerprint density at radius 1 is 0.309 bits per heavy atom. The minimum absolute atomic E-state index is 0.106. The normalized spacial score (nSPS) is 14.4. The van der Waals surface area contributed by atoms with Crippen LogP contribution in [-0.2, 0) is 65.4 Å². The van der Waals surface area contributed by atoms with E-state index in [-0.39, 0.29) is 25.7 Å². The van der Waals surface area contributed by atoms with Crippen molar-refractivity contribution in [2.45, 2.75) is 401 Å². The molecule has 558 valence electrons. The highest BCUT2D eigenvalue weighted by Crippen LogP contribution is 2.45. The van der Waals surface area contributed by atoms with Gasteiger partial charge in [-0.3, -0.25) is 37.3 Å². The summed E-state index contributed by atoms with van der Waals surface area (Å²) >= 11 is 0. The Hall–Kier alpha value is -1.94. The number of aliphatic hydroxyl groups is 1. The van der Waals surface area contributed by atoms with Crippen molar-refractivity contribution < 1.29 is 80.2 Å². The first-order chi connectivity index (χ1) is 45.3. The molecule has 94 heavy (non-hydrogen) atoms. The Bertz CT molecular complexity index is 1840. The van der Waals surface area contributed by atoms with Crippen LogP contribution in [0, 0.1) is 17.8 Å². The molecule has 0 aliphatic heterocycles. The molecule has 0 spiro atoms. The fraction of sp³-hybridized carbons (Fsp3) is 0.947. The van der Waals surface area contributed by atoms with Crippen LogP contribution in [0.2, 0.25) is 0 Å². The predicted octanol–water partition coefficient (Wildman–Crippen LogP) is 21.8. The van der Waals surface area contributed by atoms with E-state index in [4.69, 9.17) is 37.0 Å². The summed E-state index contributed by atoms with van der Waals surface area (Å²) in [6, 6.07) is 0. The molecule has 0 saturated heterocycles. The number of unbranched alkanes of at least 4 members (excludes halogenated alkanes) is 40. The molecule has 0 radical (unpaired) electrons. The van der Waals surface area contributed by atoms with Crippen molar-refractivity contribution in [3.63, 3.8) is 0 Å². The topological polar surface area (TPSA) is 237 Å². The molecule has 0 aromatic carbocycles. The average Bonchev–Trinajstić information content (AvgIpc) is 1.44. The van der Waals surface area contributed by atoms with Crippen molar-refractivity contribution in [2.75, 3.05) is 39.6 Å². The van der Waals surface area contributed by atoms with Gasteiger partial charge in [0.2, 0.25) is 0 Å². The molecule has 0 aliphatic carbocycles. The van der Waals surface area contributed by atoms with E-state index in [2.05, 4.69) is 48.5 Å². The van der Waals surface area contributed by atoms with Gasteiger partial charge in [-0.1, -0.05) is 331 Å². The number of esters is 4. The van der Waals surface area contributed by atoms with Crippen LogP contribution < -0.4 is 0 Å². The molecule has 0 bridgehead atoms. The summed E-state index contributed by atoms with van der Waals surface area (Å²) in [6.45, 7) is 11.9. The minimum atomic E-state index is -4.96. The van der Waals surface area contributed by atoms with Gasteiger partial charge in [0.25, 0.3) is 0 Å². The third-order valence-electron chi connectivity index (χ3n) is 17.7. The second-order valence-electron chi connectivity index (χ2n) is 28.2. The Kier molecular flexibility index (Phi) is 64.3. The van der Waals surface area contributed by atoms with Crippen LogP contribution in [0.25, 0.3) is 0 Å². The summed E-state index contributed by atoms with van der Waals surface area (Å²) in [5.41, 5.74) is 0. The lowest BCUT2D eigenvalue weighted by molar-refractivity contribution is -0.161. The summed E-state index contributed by atoms with van der Waals surface area (Å²) in [5.74, 6) is 0.197. The maximum absolute atomic E-state index is 13.1. The highest BCUT2D eigenvalue weighted by atomic mass is 31.2. The van der Waals surface area contributed by atoms with E-state index in [9.17, 15) is 43.2 Å². The molecule has 0 saturated carbocycles. The van der Waals surface area contributed by atoms with Gasteiger partial charge in [0.05, 0.1) is 26.4 Å². The SMILES string of the molecule is CCCCCCCCCCCCCCCCC(=O)O[C@H](COC(=O)CCCCCCCCCCC(C)CC)COP(=O)(O)OC[C@H](O)COP(=O)(O)OC[C@@H](COC(=O)CCCCCCCCCCCCCC(C)C)OC(=O)CCCCCCCCCCCCCC(C)C. The second kappa shape index (κ2) is 65.7. The molecule has 0 fully saturated rings. The van der Waals surface area contributed by atoms with E-state index in [1.54, 1.807) is 0 Å². The molecule has 3 unspecified atom stereocenters. The molecule has 3 N–H and O–H groups in total. The number of carbonyl (C=O) groups is 4. The quantitative estimate of drug-likeness (QED) is 0.0222. The van der Waals surface area contributed by atoms with Crippen molar-refractivity contribution >= 4 is 39.5 Å². The number of hydrogen-bond acceptors (Lipinski definition) is 15. The molecule has 0 rings (SSSR count). The number of ether oxygens (including phenoxy) is 4. The van der Waals surface area contributed by atoms with Gasteiger partial charge in [0.1, 0.15) is 19.3 Å². The molecule has 6 atom stereocenters. The Morgan fingerprint density at radius 2 is 0.543 bits per heavy atom. The average molecular weight is 1380 g/mol. The largest absolute Gasteiger partial charge is 0.472 e. The number of phosphoric ester groups is 2. The van der Waals surface area contributed by atoms with E-state index in [0.29, 0.717) is 25.7 Å². The van der Waals surface area contributed by atoms with Crippen LogP contribution in [0.5, 0.6) is 0 Å². The van der Waals surface area contributed by atoms with E-state index in [0.717, 1.165) is 108 Å². The van der Waals surface area contributed by atoms with Crippen molar-refractivity contribution in [3.05, 3.63) is 0 Å². The molecule has 0 aliphatic rings. The lowest BCUT2D eigenvalue weighted by Crippen LogP contribution is -2.30. The third kappa shape index (κ3) is 67.3. The molecule has 17 nitrogen and oxygen atoms in total. The molecule has 0 aromatic heterocycles. The zero-order valence-electron chi connectivity index (χ0n) is 61.4. The first-order valence-corrected chi connectivity index (χ1v) is 41.9. The van der Waals surface area contributed by atoms with Crippen LogP contribution in [-0.4, -0.2) is 96.7 Å². The summed E-state index contributed by atoms with van der Waals surface area (Å²) in [7, 11) is -9.91. The highest BCUT2D eigenvalue weighted by Gasteiger charge is 2.30. The lowest BCUT2D eigenvalue weighted by atomic mass is 9.99. The maximum atomic E-state index is 13.1. The lowest BCUT2D eigenvalue weighted by Gasteiger charge is -2.21. The molecular formula is C75H146O17P2. The Morgan fingerprint density at radius 3 is 0.809 bits per heavy atom. The van der Waals surface area contributed by atoms with E-state index in [1.807, 2.05) is 0 Å². The number of hydrogen-bond donors (Lipinski definition) is 3. The zero-order valence-corrected chi connectivity index (χ0v) is 63.2. The van der Waals surface area contributed by atoms with Crippen LogP contribution in [0.3, 0.4) is 0 Å². The standard InChI is InChI=1S/C75H146O17P2/c1-8-10-11-12-13-14-15-16-17-22-28-37-44-51-58-74(79)92-71(63-86-73(78)57-50-43-36-31-30-34-41-48-55-68(7)9-2)65-90-94(83,84)88-61-69(76)60-87-93(81,82)89-64-70(91-75(80)59-52-45-38-29-24-19-21-26-33-40-47-54-67(5)6)62-85-72(77)56-49-42-35-27-23-18-20-25-32-39-46-53-66(3)4/h66-71,76H,8-65H2,1-7H3,(H,81,82)(H,83,84)/t68?,69-,70-,71-/m1/s1. The summed E-state index contributed by atoms with van der Waals surface area (Å²) < 4.78 is 68.5. The van der Waals surface area contributed by atoms with E-state index >= 15 is 0 Å². The summed E-state index contributed by atoms with van der Waals surface area (Å²) in [5, 5.41) is 10.6. The van der Waals surface area contributed by atoms with Gasteiger partial charge in [-0.25, -0.2) is 9.13 Å². The first kappa shape index (κ1) is 92.1. The molecular weight excluding hydrogens is 1230 g/mol. The van der Waals surface area contributed by atoms with Crippen LogP contribution in [0.15, 0.2) is 0 Å². The van der Waals surface area contributed by atoms with Crippen LogP contribution in [0.4, 0.5) is 0 Å². The molecule has 0 aromatic rings.